The summed E-state index contributed by atoms with van der Waals surface area (Å²) in [5.74, 6) is 1.38. The molecule has 0 spiro atoms. The first kappa shape index (κ1) is 15.1. The molecule has 1 rings (SSSR count). The van der Waals surface area contributed by atoms with Crippen LogP contribution < -0.4 is 11.1 Å². The minimum absolute atomic E-state index is 0.0548. The summed E-state index contributed by atoms with van der Waals surface area (Å²) >= 11 is 1.59. The first-order valence-electron chi connectivity index (χ1n) is 6.31. The average Bonchev–Trinajstić information content (AvgIpc) is 2.39. The van der Waals surface area contributed by atoms with Gasteiger partial charge in [0.05, 0.1) is 11.8 Å². The topological polar surface area (TPSA) is 55.1 Å². The lowest BCUT2D eigenvalue weighted by atomic mass is 10.1. The summed E-state index contributed by atoms with van der Waals surface area (Å²) in [4.78, 5) is 11.7. The molecule has 0 aliphatic heterocycles. The molecule has 0 aliphatic carbocycles. The van der Waals surface area contributed by atoms with Crippen LogP contribution in [0.15, 0.2) is 30.3 Å². The second kappa shape index (κ2) is 8.16. The van der Waals surface area contributed by atoms with E-state index in [0.717, 1.165) is 17.7 Å². The van der Waals surface area contributed by atoms with Crippen molar-refractivity contribution in [3.8, 4) is 0 Å². The quantitative estimate of drug-likeness (QED) is 0.796. The van der Waals surface area contributed by atoms with Crippen LogP contribution in [0.2, 0.25) is 0 Å². The van der Waals surface area contributed by atoms with E-state index < -0.39 is 0 Å². The zero-order valence-corrected chi connectivity index (χ0v) is 11.9. The van der Waals surface area contributed by atoms with E-state index in [1.807, 2.05) is 37.3 Å². The zero-order chi connectivity index (χ0) is 13.4. The molecule has 0 saturated heterocycles. The second-order valence-electron chi connectivity index (χ2n) is 4.38. The molecule has 2 unspecified atom stereocenters. The van der Waals surface area contributed by atoms with Gasteiger partial charge in [-0.25, -0.2) is 0 Å². The lowest BCUT2D eigenvalue weighted by molar-refractivity contribution is -0.119. The van der Waals surface area contributed by atoms with Crippen molar-refractivity contribution in [1.29, 1.82) is 0 Å². The average molecular weight is 266 g/mol. The molecule has 0 heterocycles. The Balaban J connectivity index is 2.28. The fourth-order valence-electron chi connectivity index (χ4n) is 1.53. The molecule has 0 aliphatic rings. The van der Waals surface area contributed by atoms with Crippen LogP contribution in [0.25, 0.3) is 0 Å². The molecule has 0 radical (unpaired) electrons. The number of hydrogen-bond donors (Lipinski definition) is 2. The van der Waals surface area contributed by atoms with E-state index in [0.29, 0.717) is 5.75 Å². The summed E-state index contributed by atoms with van der Waals surface area (Å²) in [5, 5.41) is 2.99. The van der Waals surface area contributed by atoms with Crippen molar-refractivity contribution in [3.05, 3.63) is 35.9 Å². The first-order chi connectivity index (χ1) is 8.63. The fraction of sp³-hybridized carbons (Fsp3) is 0.500. The van der Waals surface area contributed by atoms with Crippen LogP contribution in [0, 0.1) is 0 Å². The Morgan fingerprint density at radius 1 is 1.39 bits per heavy atom. The van der Waals surface area contributed by atoms with Crippen molar-refractivity contribution >= 4 is 17.7 Å². The number of thioether (sulfide) groups is 1. The lowest BCUT2D eigenvalue weighted by Gasteiger charge is -2.14. The van der Waals surface area contributed by atoms with E-state index in [1.54, 1.807) is 11.8 Å². The smallest absolute Gasteiger partial charge is 0.230 e. The van der Waals surface area contributed by atoms with E-state index in [4.69, 9.17) is 5.73 Å². The number of hydrogen-bond acceptors (Lipinski definition) is 3. The minimum atomic E-state index is 0.0548. The summed E-state index contributed by atoms with van der Waals surface area (Å²) in [6.07, 6.45) is 0.953. The molecule has 0 saturated carbocycles. The molecule has 1 aromatic rings. The van der Waals surface area contributed by atoms with Crippen molar-refractivity contribution in [1.82, 2.24) is 5.32 Å². The van der Waals surface area contributed by atoms with Gasteiger partial charge in [-0.1, -0.05) is 37.3 Å². The Hall–Kier alpha value is -1.00. The van der Waals surface area contributed by atoms with Gasteiger partial charge < -0.3 is 11.1 Å². The van der Waals surface area contributed by atoms with Gasteiger partial charge in [-0.15, -0.1) is 0 Å². The molecule has 100 valence electrons. The van der Waals surface area contributed by atoms with E-state index >= 15 is 0 Å². The Kier molecular flexibility index (Phi) is 6.83. The van der Waals surface area contributed by atoms with Crippen molar-refractivity contribution in [2.45, 2.75) is 32.4 Å². The van der Waals surface area contributed by atoms with Crippen LogP contribution in [0.3, 0.4) is 0 Å². The van der Waals surface area contributed by atoms with Crippen LogP contribution in [-0.2, 0) is 4.79 Å². The summed E-state index contributed by atoms with van der Waals surface area (Å²) in [5.41, 5.74) is 6.92. The van der Waals surface area contributed by atoms with Crippen LogP contribution in [0.5, 0.6) is 0 Å². The van der Waals surface area contributed by atoms with Crippen LogP contribution in [0.4, 0.5) is 0 Å². The largest absolute Gasteiger partial charge is 0.349 e. The maximum Gasteiger partial charge on any atom is 0.230 e. The summed E-state index contributed by atoms with van der Waals surface area (Å²) in [7, 11) is 0. The van der Waals surface area contributed by atoms with Gasteiger partial charge in [0, 0.05) is 11.8 Å². The highest BCUT2D eigenvalue weighted by atomic mass is 32.2. The molecule has 4 heteroatoms. The number of rotatable bonds is 7. The Morgan fingerprint density at radius 3 is 2.67 bits per heavy atom. The normalized spacial score (nSPS) is 13.9. The second-order valence-corrected chi connectivity index (χ2v) is 5.41. The van der Waals surface area contributed by atoms with Gasteiger partial charge in [-0.2, -0.15) is 11.8 Å². The van der Waals surface area contributed by atoms with Gasteiger partial charge in [0.15, 0.2) is 0 Å². The van der Waals surface area contributed by atoms with E-state index in [-0.39, 0.29) is 18.0 Å². The molecule has 0 aromatic heterocycles. The molecule has 2 atom stereocenters. The third-order valence-electron chi connectivity index (χ3n) is 2.77. The fourth-order valence-corrected chi connectivity index (χ4v) is 2.45. The number of amides is 1. The molecular weight excluding hydrogens is 244 g/mol. The van der Waals surface area contributed by atoms with Crippen molar-refractivity contribution in [2.75, 3.05) is 11.5 Å². The summed E-state index contributed by atoms with van der Waals surface area (Å²) in [6.45, 7) is 4.05. The molecule has 0 bridgehead atoms. The Bertz CT molecular complexity index is 356. The third-order valence-corrected chi connectivity index (χ3v) is 3.90. The number of nitrogens with two attached hydrogens (primary N) is 1. The Labute approximate surface area is 114 Å². The number of nitrogens with one attached hydrogen (secondary N) is 1. The Morgan fingerprint density at radius 2 is 2.06 bits per heavy atom. The molecule has 1 aromatic carbocycles. The third kappa shape index (κ3) is 5.56. The standard InChI is InChI=1S/C14H22N2OS/c1-3-13(15)9-18-10-14(17)16-11(2)12-7-5-4-6-8-12/h4-8,11,13H,3,9-10,15H2,1-2H3,(H,16,17). The first-order valence-corrected chi connectivity index (χ1v) is 7.46. The number of benzene rings is 1. The summed E-state index contributed by atoms with van der Waals surface area (Å²) in [6, 6.07) is 10.2. The molecule has 18 heavy (non-hydrogen) atoms. The highest BCUT2D eigenvalue weighted by Crippen LogP contribution is 2.11. The van der Waals surface area contributed by atoms with Crippen molar-refractivity contribution in [3.63, 3.8) is 0 Å². The molecule has 0 fully saturated rings. The van der Waals surface area contributed by atoms with Gasteiger partial charge in [0.2, 0.25) is 5.91 Å². The van der Waals surface area contributed by atoms with Gasteiger partial charge >= 0.3 is 0 Å². The highest BCUT2D eigenvalue weighted by molar-refractivity contribution is 7.99. The molecule has 3 nitrogen and oxygen atoms in total. The van der Waals surface area contributed by atoms with Crippen LogP contribution >= 0.6 is 11.8 Å². The van der Waals surface area contributed by atoms with Gasteiger partial charge in [-0.3, -0.25) is 4.79 Å². The maximum atomic E-state index is 11.7. The molecule has 1 amide bonds. The van der Waals surface area contributed by atoms with Gasteiger partial charge in [0.25, 0.3) is 0 Å². The van der Waals surface area contributed by atoms with E-state index in [1.165, 1.54) is 0 Å². The van der Waals surface area contributed by atoms with E-state index in [9.17, 15) is 4.79 Å². The monoisotopic (exact) mass is 266 g/mol. The van der Waals surface area contributed by atoms with Gasteiger partial charge in [-0.05, 0) is 18.9 Å². The van der Waals surface area contributed by atoms with Crippen molar-refractivity contribution in [2.24, 2.45) is 5.73 Å². The van der Waals surface area contributed by atoms with E-state index in [2.05, 4.69) is 12.2 Å². The predicted octanol–water partition coefficient (Wildman–Crippen LogP) is 2.33. The molecule has 3 N–H and O–H groups in total. The van der Waals surface area contributed by atoms with Gasteiger partial charge in [0.1, 0.15) is 0 Å². The van der Waals surface area contributed by atoms with Crippen molar-refractivity contribution < 1.29 is 4.79 Å². The van der Waals surface area contributed by atoms with Crippen LogP contribution in [0.1, 0.15) is 31.9 Å². The lowest BCUT2D eigenvalue weighted by Crippen LogP contribution is -2.29. The predicted molar refractivity (Wildman–Crippen MR) is 78.6 cm³/mol. The maximum absolute atomic E-state index is 11.7. The number of carbonyl (C=O) groups excluding carboxylic acids is 1. The SMILES string of the molecule is CCC(N)CSCC(=O)NC(C)c1ccccc1. The number of carbonyl (C=O) groups is 1. The van der Waals surface area contributed by atoms with Crippen LogP contribution in [-0.4, -0.2) is 23.5 Å². The highest BCUT2D eigenvalue weighted by Gasteiger charge is 2.09. The minimum Gasteiger partial charge on any atom is -0.349 e. The summed E-state index contributed by atoms with van der Waals surface area (Å²) < 4.78 is 0. The zero-order valence-electron chi connectivity index (χ0n) is 11.1. The molecular formula is C14H22N2OS.